The third-order valence-corrected chi connectivity index (χ3v) is 3.60. The fourth-order valence-electron chi connectivity index (χ4n) is 2.44. The molecule has 4 nitrogen and oxygen atoms in total. The molecule has 0 unspecified atom stereocenters. The second-order valence-corrected chi connectivity index (χ2v) is 5.08. The van der Waals surface area contributed by atoms with Gasteiger partial charge in [0.05, 0.1) is 18.8 Å². The van der Waals surface area contributed by atoms with E-state index in [1.807, 2.05) is 12.1 Å². The van der Waals surface area contributed by atoms with E-state index in [4.69, 9.17) is 9.47 Å². The summed E-state index contributed by atoms with van der Waals surface area (Å²) in [6.07, 6.45) is 3.53. The third kappa shape index (κ3) is 4.53. The van der Waals surface area contributed by atoms with Crippen molar-refractivity contribution < 1.29 is 14.3 Å². The van der Waals surface area contributed by atoms with Gasteiger partial charge in [-0.2, -0.15) is 0 Å². The summed E-state index contributed by atoms with van der Waals surface area (Å²) in [5.41, 5.74) is 0.547. The number of hydrogen-bond acceptors (Lipinski definition) is 4. The maximum atomic E-state index is 11.6. The normalized spacial score (nSPS) is 15.8. The second kappa shape index (κ2) is 7.90. The van der Waals surface area contributed by atoms with Crippen LogP contribution in [0.25, 0.3) is 0 Å². The number of nitrogens with one attached hydrogen (secondary N) is 1. The zero-order chi connectivity index (χ0) is 14.2. The highest BCUT2D eigenvalue weighted by molar-refractivity contribution is 5.89. The highest BCUT2D eigenvalue weighted by Gasteiger charge is 2.13. The first-order chi connectivity index (χ1) is 9.79. The van der Waals surface area contributed by atoms with Crippen molar-refractivity contribution in [3.05, 3.63) is 29.8 Å². The minimum atomic E-state index is -0.295. The first-order valence-electron chi connectivity index (χ1n) is 7.40. The first kappa shape index (κ1) is 14.9. The number of benzene rings is 1. The highest BCUT2D eigenvalue weighted by Crippen LogP contribution is 2.18. The van der Waals surface area contributed by atoms with Crippen molar-refractivity contribution in [1.29, 1.82) is 0 Å². The zero-order valence-electron chi connectivity index (χ0n) is 12.1. The molecule has 0 radical (unpaired) electrons. The van der Waals surface area contributed by atoms with Crippen LogP contribution in [0.1, 0.15) is 36.5 Å². The van der Waals surface area contributed by atoms with E-state index in [0.29, 0.717) is 18.8 Å². The Balaban J connectivity index is 1.80. The van der Waals surface area contributed by atoms with E-state index in [-0.39, 0.29) is 5.97 Å². The molecule has 2 rings (SSSR count). The van der Waals surface area contributed by atoms with Gasteiger partial charge in [0.15, 0.2) is 0 Å². The summed E-state index contributed by atoms with van der Waals surface area (Å²) in [6.45, 7) is 5.12. The summed E-state index contributed by atoms with van der Waals surface area (Å²) in [7, 11) is 0. The molecule has 0 aromatic heterocycles. The molecule has 0 amide bonds. The lowest BCUT2D eigenvalue weighted by Crippen LogP contribution is -2.28. The molecule has 0 saturated carbocycles. The molecular weight excluding hydrogens is 254 g/mol. The molecule has 0 aliphatic carbocycles. The van der Waals surface area contributed by atoms with Crippen LogP contribution in [0.3, 0.4) is 0 Å². The molecule has 1 aromatic carbocycles. The SMILES string of the molecule is CCOC(=O)c1cccc(OCCC2CCNCC2)c1. The van der Waals surface area contributed by atoms with Crippen LogP contribution in [-0.2, 0) is 4.74 Å². The van der Waals surface area contributed by atoms with Crippen LogP contribution < -0.4 is 10.1 Å². The number of carbonyl (C=O) groups is 1. The molecule has 1 aliphatic rings. The van der Waals surface area contributed by atoms with Crippen LogP contribution in [0.15, 0.2) is 24.3 Å². The van der Waals surface area contributed by atoms with E-state index in [1.54, 1.807) is 19.1 Å². The minimum Gasteiger partial charge on any atom is -0.494 e. The van der Waals surface area contributed by atoms with E-state index in [2.05, 4.69) is 5.32 Å². The zero-order valence-corrected chi connectivity index (χ0v) is 12.1. The fraction of sp³-hybridized carbons (Fsp3) is 0.562. The summed E-state index contributed by atoms with van der Waals surface area (Å²) in [6, 6.07) is 7.20. The number of ether oxygens (including phenoxy) is 2. The van der Waals surface area contributed by atoms with Crippen molar-refractivity contribution in [2.45, 2.75) is 26.2 Å². The summed E-state index contributed by atoms with van der Waals surface area (Å²) in [5.74, 6) is 1.20. The van der Waals surface area contributed by atoms with Gasteiger partial charge in [-0.05, 0) is 63.4 Å². The van der Waals surface area contributed by atoms with Gasteiger partial charge in [-0.15, -0.1) is 0 Å². The quantitative estimate of drug-likeness (QED) is 0.812. The van der Waals surface area contributed by atoms with E-state index in [1.165, 1.54) is 12.8 Å². The molecule has 1 N–H and O–H groups in total. The van der Waals surface area contributed by atoms with Crippen molar-refractivity contribution in [2.75, 3.05) is 26.3 Å². The van der Waals surface area contributed by atoms with Crippen LogP contribution in [0.5, 0.6) is 5.75 Å². The highest BCUT2D eigenvalue weighted by atomic mass is 16.5. The smallest absolute Gasteiger partial charge is 0.338 e. The predicted octanol–water partition coefficient (Wildman–Crippen LogP) is 2.63. The van der Waals surface area contributed by atoms with Crippen molar-refractivity contribution in [3.8, 4) is 5.75 Å². The lowest BCUT2D eigenvalue weighted by atomic mass is 9.95. The lowest BCUT2D eigenvalue weighted by Gasteiger charge is -2.22. The van der Waals surface area contributed by atoms with Gasteiger partial charge in [-0.3, -0.25) is 0 Å². The summed E-state index contributed by atoms with van der Waals surface area (Å²) in [5, 5.41) is 3.36. The van der Waals surface area contributed by atoms with Crippen LogP contribution in [0.2, 0.25) is 0 Å². The minimum absolute atomic E-state index is 0.295. The van der Waals surface area contributed by atoms with E-state index in [9.17, 15) is 4.79 Å². The Labute approximate surface area is 120 Å². The maximum absolute atomic E-state index is 11.6. The van der Waals surface area contributed by atoms with E-state index >= 15 is 0 Å². The van der Waals surface area contributed by atoms with Crippen LogP contribution >= 0.6 is 0 Å². The Kier molecular flexibility index (Phi) is 5.87. The summed E-state index contributed by atoms with van der Waals surface area (Å²) < 4.78 is 10.7. The number of piperidine rings is 1. The van der Waals surface area contributed by atoms with Gasteiger partial charge in [0.2, 0.25) is 0 Å². The molecule has 1 fully saturated rings. The number of carbonyl (C=O) groups excluding carboxylic acids is 1. The average molecular weight is 277 g/mol. The molecule has 0 atom stereocenters. The van der Waals surface area contributed by atoms with Gasteiger partial charge in [0.1, 0.15) is 5.75 Å². The average Bonchev–Trinajstić information content (AvgIpc) is 2.49. The Hall–Kier alpha value is -1.55. The molecule has 1 aliphatic heterocycles. The fourth-order valence-corrected chi connectivity index (χ4v) is 2.44. The second-order valence-electron chi connectivity index (χ2n) is 5.08. The molecule has 1 heterocycles. The van der Waals surface area contributed by atoms with Crippen molar-refractivity contribution in [3.63, 3.8) is 0 Å². The predicted molar refractivity (Wildman–Crippen MR) is 78.1 cm³/mol. The molecule has 20 heavy (non-hydrogen) atoms. The maximum Gasteiger partial charge on any atom is 0.338 e. The van der Waals surface area contributed by atoms with Gasteiger partial charge in [-0.25, -0.2) is 4.79 Å². The summed E-state index contributed by atoms with van der Waals surface area (Å²) in [4.78, 5) is 11.6. The number of rotatable bonds is 6. The molecule has 110 valence electrons. The molecule has 1 aromatic rings. The first-order valence-corrected chi connectivity index (χ1v) is 7.40. The van der Waals surface area contributed by atoms with Crippen LogP contribution in [0, 0.1) is 5.92 Å². The molecule has 0 bridgehead atoms. The van der Waals surface area contributed by atoms with Gasteiger partial charge < -0.3 is 14.8 Å². The van der Waals surface area contributed by atoms with Gasteiger partial charge >= 0.3 is 5.97 Å². The molecular formula is C16H23NO3. The van der Waals surface area contributed by atoms with Crippen molar-refractivity contribution >= 4 is 5.97 Å². The van der Waals surface area contributed by atoms with E-state index in [0.717, 1.165) is 31.2 Å². The molecule has 1 saturated heterocycles. The topological polar surface area (TPSA) is 47.6 Å². The van der Waals surface area contributed by atoms with Crippen molar-refractivity contribution in [1.82, 2.24) is 5.32 Å². The Morgan fingerprint density at radius 1 is 1.35 bits per heavy atom. The Bertz CT molecular complexity index is 427. The standard InChI is InChI=1S/C16H23NO3/c1-2-19-16(18)14-4-3-5-15(12-14)20-11-8-13-6-9-17-10-7-13/h3-5,12-13,17H,2,6-11H2,1H3. The van der Waals surface area contributed by atoms with Gasteiger partial charge in [-0.1, -0.05) is 6.07 Å². The van der Waals surface area contributed by atoms with Crippen LogP contribution in [-0.4, -0.2) is 32.3 Å². The third-order valence-electron chi connectivity index (χ3n) is 3.60. The molecule has 0 spiro atoms. The Morgan fingerprint density at radius 3 is 2.90 bits per heavy atom. The lowest BCUT2D eigenvalue weighted by molar-refractivity contribution is 0.0526. The van der Waals surface area contributed by atoms with Gasteiger partial charge in [0, 0.05) is 0 Å². The summed E-state index contributed by atoms with van der Waals surface area (Å²) >= 11 is 0. The van der Waals surface area contributed by atoms with Crippen LogP contribution in [0.4, 0.5) is 0 Å². The largest absolute Gasteiger partial charge is 0.494 e. The van der Waals surface area contributed by atoms with Crippen molar-refractivity contribution in [2.24, 2.45) is 5.92 Å². The number of esters is 1. The number of hydrogen-bond donors (Lipinski definition) is 1. The monoisotopic (exact) mass is 277 g/mol. The van der Waals surface area contributed by atoms with E-state index < -0.39 is 0 Å². The Morgan fingerprint density at radius 2 is 2.15 bits per heavy atom. The molecule has 4 heteroatoms. The van der Waals surface area contributed by atoms with Gasteiger partial charge in [0.25, 0.3) is 0 Å².